The van der Waals surface area contributed by atoms with Crippen molar-refractivity contribution in [1.82, 2.24) is 4.98 Å². The van der Waals surface area contributed by atoms with Crippen molar-refractivity contribution in [1.29, 1.82) is 0 Å². The van der Waals surface area contributed by atoms with E-state index in [1.54, 1.807) is 12.1 Å². The molecule has 0 unspecified atom stereocenters. The average molecular weight is 393 g/mol. The molecule has 1 amide bonds. The van der Waals surface area contributed by atoms with Gasteiger partial charge < -0.3 is 10.3 Å². The van der Waals surface area contributed by atoms with Gasteiger partial charge in [0.25, 0.3) is 5.91 Å². The number of halogens is 1. The van der Waals surface area contributed by atoms with Crippen molar-refractivity contribution < 1.29 is 13.2 Å². The highest BCUT2D eigenvalue weighted by Crippen LogP contribution is 2.28. The van der Waals surface area contributed by atoms with Crippen LogP contribution in [0, 0.1) is 0 Å². The van der Waals surface area contributed by atoms with Crippen LogP contribution in [-0.4, -0.2) is 25.6 Å². The van der Waals surface area contributed by atoms with E-state index in [4.69, 9.17) is 0 Å². The number of benzene rings is 2. The van der Waals surface area contributed by atoms with Crippen LogP contribution in [0.2, 0.25) is 0 Å². The number of carbonyl (C=O) groups excluding carboxylic acids is 1. The Hall–Kier alpha value is -2.12. The number of anilines is 1. The Bertz CT molecular complexity index is 1010. The molecule has 2 aromatic carbocycles. The van der Waals surface area contributed by atoms with Crippen LogP contribution >= 0.6 is 15.9 Å². The Balaban J connectivity index is 1.94. The van der Waals surface area contributed by atoms with Crippen LogP contribution in [0.4, 0.5) is 5.69 Å². The Kier molecular flexibility index (Phi) is 3.99. The molecular formula is C16H13BrN2O3S. The van der Waals surface area contributed by atoms with Crippen LogP contribution in [-0.2, 0) is 9.84 Å². The molecule has 0 aliphatic heterocycles. The molecule has 0 radical (unpaired) electrons. The third-order valence-corrected chi connectivity index (χ3v) is 5.32. The van der Waals surface area contributed by atoms with Gasteiger partial charge in [-0.25, -0.2) is 8.42 Å². The fourth-order valence-electron chi connectivity index (χ4n) is 2.26. The Morgan fingerprint density at radius 2 is 1.87 bits per heavy atom. The van der Waals surface area contributed by atoms with E-state index in [1.165, 1.54) is 12.1 Å². The number of carbonyl (C=O) groups is 1. The summed E-state index contributed by atoms with van der Waals surface area (Å²) in [5.41, 5.74) is 1.65. The molecule has 3 rings (SSSR count). The van der Waals surface area contributed by atoms with Gasteiger partial charge in [0.05, 0.1) is 9.37 Å². The van der Waals surface area contributed by atoms with E-state index in [1.807, 2.05) is 24.3 Å². The quantitative estimate of drug-likeness (QED) is 0.714. The second kappa shape index (κ2) is 5.82. The third-order valence-electron chi connectivity index (χ3n) is 3.39. The molecule has 118 valence electrons. The van der Waals surface area contributed by atoms with E-state index in [0.717, 1.165) is 17.2 Å². The summed E-state index contributed by atoms with van der Waals surface area (Å²) in [6.45, 7) is 0. The van der Waals surface area contributed by atoms with Gasteiger partial charge in [0.15, 0.2) is 9.84 Å². The van der Waals surface area contributed by atoms with Gasteiger partial charge in [0.2, 0.25) is 0 Å². The predicted octanol–water partition coefficient (Wildman–Crippen LogP) is 3.59. The largest absolute Gasteiger partial charge is 0.350 e. The number of aromatic amines is 1. The summed E-state index contributed by atoms with van der Waals surface area (Å²) in [6, 6.07) is 13.7. The minimum Gasteiger partial charge on any atom is -0.350 e. The highest BCUT2D eigenvalue weighted by molar-refractivity contribution is 9.10. The SMILES string of the molecule is CS(=O)(=O)c1cccc(NC(=O)c2[nH]c3ccccc3c2Br)c1. The Morgan fingerprint density at radius 3 is 2.57 bits per heavy atom. The van der Waals surface area contributed by atoms with Crippen LogP contribution < -0.4 is 5.32 Å². The van der Waals surface area contributed by atoms with Crippen LogP contribution in [0.3, 0.4) is 0 Å². The lowest BCUT2D eigenvalue weighted by Gasteiger charge is -2.06. The molecule has 0 bridgehead atoms. The molecule has 0 saturated heterocycles. The normalized spacial score (nSPS) is 11.6. The van der Waals surface area contributed by atoms with Gasteiger partial charge in [-0.3, -0.25) is 4.79 Å². The number of fused-ring (bicyclic) bond motifs is 1. The Morgan fingerprint density at radius 1 is 1.13 bits per heavy atom. The molecule has 0 saturated carbocycles. The lowest BCUT2D eigenvalue weighted by molar-refractivity contribution is 0.102. The molecule has 2 N–H and O–H groups in total. The van der Waals surface area contributed by atoms with Gasteiger partial charge in [-0.1, -0.05) is 24.3 Å². The summed E-state index contributed by atoms with van der Waals surface area (Å²) in [6.07, 6.45) is 1.13. The van der Waals surface area contributed by atoms with Crippen molar-refractivity contribution in [3.63, 3.8) is 0 Å². The molecule has 7 heteroatoms. The predicted molar refractivity (Wildman–Crippen MR) is 93.5 cm³/mol. The summed E-state index contributed by atoms with van der Waals surface area (Å²) in [5.74, 6) is -0.348. The topological polar surface area (TPSA) is 79.0 Å². The minimum absolute atomic E-state index is 0.158. The van der Waals surface area contributed by atoms with Crippen molar-refractivity contribution in [3.8, 4) is 0 Å². The van der Waals surface area contributed by atoms with Gasteiger partial charge in [-0.15, -0.1) is 0 Å². The van der Waals surface area contributed by atoms with Gasteiger partial charge in [0, 0.05) is 22.8 Å². The molecule has 1 aromatic heterocycles. The molecule has 0 atom stereocenters. The number of aromatic nitrogens is 1. The second-order valence-corrected chi connectivity index (χ2v) is 7.92. The van der Waals surface area contributed by atoms with Crippen LogP contribution in [0.1, 0.15) is 10.5 Å². The highest BCUT2D eigenvalue weighted by atomic mass is 79.9. The summed E-state index contributed by atoms with van der Waals surface area (Å²) >= 11 is 3.42. The first kappa shape index (κ1) is 15.8. The van der Waals surface area contributed by atoms with Crippen LogP contribution in [0.25, 0.3) is 10.9 Å². The summed E-state index contributed by atoms with van der Waals surface area (Å²) in [7, 11) is -3.32. The maximum absolute atomic E-state index is 12.4. The van der Waals surface area contributed by atoms with Crippen LogP contribution in [0.5, 0.6) is 0 Å². The first-order chi connectivity index (χ1) is 10.9. The average Bonchev–Trinajstić information content (AvgIpc) is 2.84. The zero-order valence-electron chi connectivity index (χ0n) is 12.1. The summed E-state index contributed by atoms with van der Waals surface area (Å²) < 4.78 is 23.8. The summed E-state index contributed by atoms with van der Waals surface area (Å²) in [5, 5.41) is 3.61. The van der Waals surface area contributed by atoms with E-state index in [2.05, 4.69) is 26.2 Å². The number of hydrogen-bond acceptors (Lipinski definition) is 3. The number of sulfone groups is 1. The maximum Gasteiger partial charge on any atom is 0.273 e. The van der Waals surface area contributed by atoms with Crippen molar-refractivity contribution in [2.24, 2.45) is 0 Å². The number of nitrogens with one attached hydrogen (secondary N) is 2. The van der Waals surface area contributed by atoms with E-state index in [9.17, 15) is 13.2 Å². The van der Waals surface area contributed by atoms with Crippen molar-refractivity contribution >= 4 is 48.3 Å². The monoisotopic (exact) mass is 392 g/mol. The number of para-hydroxylation sites is 1. The van der Waals surface area contributed by atoms with Gasteiger partial charge in [0.1, 0.15) is 5.69 Å². The third kappa shape index (κ3) is 3.16. The first-order valence-corrected chi connectivity index (χ1v) is 9.42. The molecule has 0 aliphatic rings. The highest BCUT2D eigenvalue weighted by Gasteiger charge is 2.16. The molecule has 0 fully saturated rings. The second-order valence-electron chi connectivity index (χ2n) is 5.11. The fourth-order valence-corrected chi connectivity index (χ4v) is 3.55. The van der Waals surface area contributed by atoms with Crippen LogP contribution in [0.15, 0.2) is 57.9 Å². The number of hydrogen-bond donors (Lipinski definition) is 2. The van der Waals surface area contributed by atoms with Gasteiger partial charge in [-0.05, 0) is 40.2 Å². The van der Waals surface area contributed by atoms with Gasteiger partial charge in [-0.2, -0.15) is 0 Å². The zero-order chi connectivity index (χ0) is 16.6. The molecule has 23 heavy (non-hydrogen) atoms. The molecule has 5 nitrogen and oxygen atoms in total. The van der Waals surface area contributed by atoms with E-state index < -0.39 is 9.84 Å². The lowest BCUT2D eigenvalue weighted by atomic mass is 10.2. The summed E-state index contributed by atoms with van der Waals surface area (Å²) in [4.78, 5) is 15.7. The van der Waals surface area contributed by atoms with E-state index in [0.29, 0.717) is 15.9 Å². The van der Waals surface area contributed by atoms with E-state index >= 15 is 0 Å². The molecular weight excluding hydrogens is 380 g/mol. The number of rotatable bonds is 3. The lowest BCUT2D eigenvalue weighted by Crippen LogP contribution is -2.13. The zero-order valence-corrected chi connectivity index (χ0v) is 14.5. The van der Waals surface area contributed by atoms with Gasteiger partial charge >= 0.3 is 0 Å². The number of amides is 1. The minimum atomic E-state index is -3.32. The van der Waals surface area contributed by atoms with E-state index in [-0.39, 0.29) is 10.8 Å². The van der Waals surface area contributed by atoms with Crippen molar-refractivity contribution in [2.45, 2.75) is 4.90 Å². The molecule has 0 spiro atoms. The molecule has 1 heterocycles. The standard InChI is InChI=1S/C16H13BrN2O3S/c1-23(21,22)11-6-4-5-10(9-11)18-16(20)15-14(17)12-7-2-3-8-13(12)19-15/h2-9,19H,1H3,(H,18,20). The maximum atomic E-state index is 12.4. The van der Waals surface area contributed by atoms with Crippen molar-refractivity contribution in [2.75, 3.05) is 11.6 Å². The number of H-pyrrole nitrogens is 1. The first-order valence-electron chi connectivity index (χ1n) is 6.74. The molecule has 3 aromatic rings. The fraction of sp³-hybridized carbons (Fsp3) is 0.0625. The smallest absolute Gasteiger partial charge is 0.273 e. The van der Waals surface area contributed by atoms with Crippen molar-refractivity contribution in [3.05, 3.63) is 58.7 Å². The Labute approximate surface area is 141 Å². The molecule has 0 aliphatic carbocycles.